The number of likely N-dealkylation sites (tertiary alicyclic amines) is 1. The summed E-state index contributed by atoms with van der Waals surface area (Å²) >= 11 is 0. The first kappa shape index (κ1) is 20.7. The number of hydrogen-bond acceptors (Lipinski definition) is 6. The molecule has 162 valence electrons. The number of fused-ring (bicyclic) bond motifs is 1. The van der Waals surface area contributed by atoms with Crippen molar-refractivity contribution in [1.29, 1.82) is 0 Å². The van der Waals surface area contributed by atoms with Crippen LogP contribution in [-0.4, -0.2) is 57.9 Å². The van der Waals surface area contributed by atoms with Gasteiger partial charge < -0.3 is 14.9 Å². The molecule has 0 bridgehead atoms. The lowest BCUT2D eigenvalue weighted by Crippen LogP contribution is -2.47. The third-order valence-electron chi connectivity index (χ3n) is 5.81. The Kier molecular flexibility index (Phi) is 5.25. The number of aromatic hydroxyl groups is 1. The summed E-state index contributed by atoms with van der Waals surface area (Å²) in [5.74, 6) is -0.313. The van der Waals surface area contributed by atoms with E-state index in [-0.39, 0.29) is 17.6 Å². The minimum Gasteiger partial charge on any atom is -0.507 e. The number of piperidine rings is 1. The molecule has 2 aromatic rings. The van der Waals surface area contributed by atoms with Crippen LogP contribution in [0.4, 0.5) is 27.9 Å². The molecule has 2 saturated heterocycles. The highest BCUT2D eigenvalue weighted by molar-refractivity contribution is 5.69. The molecule has 3 heterocycles. The van der Waals surface area contributed by atoms with E-state index in [0.29, 0.717) is 24.6 Å². The van der Waals surface area contributed by atoms with Gasteiger partial charge in [0.1, 0.15) is 17.1 Å². The number of alkyl halides is 5. The molecule has 30 heavy (non-hydrogen) atoms. The lowest BCUT2D eigenvalue weighted by Gasteiger charge is -2.36. The van der Waals surface area contributed by atoms with Gasteiger partial charge >= 0.3 is 6.18 Å². The monoisotopic (exact) mass is 429 g/mol. The van der Waals surface area contributed by atoms with Crippen LogP contribution in [0.1, 0.15) is 30.5 Å². The number of hydrogen-bond donors (Lipinski definition) is 1. The normalized spacial score (nSPS) is 22.6. The number of nitrogens with zero attached hydrogens (tertiary/aromatic N) is 5. The van der Waals surface area contributed by atoms with Crippen LogP contribution in [0.2, 0.25) is 0 Å². The molecule has 0 amide bonds. The van der Waals surface area contributed by atoms with Crippen molar-refractivity contribution >= 4 is 5.95 Å². The molecular formula is C19H20F5N5O. The van der Waals surface area contributed by atoms with Crippen molar-refractivity contribution in [2.45, 2.75) is 31.5 Å². The van der Waals surface area contributed by atoms with Gasteiger partial charge in [-0.25, -0.2) is 13.8 Å². The Morgan fingerprint density at radius 3 is 2.53 bits per heavy atom. The number of phenols is 1. The average molecular weight is 429 g/mol. The largest absolute Gasteiger partial charge is 0.507 e. The summed E-state index contributed by atoms with van der Waals surface area (Å²) in [4.78, 5) is 8.04. The van der Waals surface area contributed by atoms with Crippen molar-refractivity contribution in [3.05, 3.63) is 29.5 Å². The molecule has 4 rings (SSSR count). The summed E-state index contributed by atoms with van der Waals surface area (Å²) in [5.41, 5.74) is -2.52. The highest BCUT2D eigenvalue weighted by Crippen LogP contribution is 2.39. The standard InChI is InChI=1S/C19H20F5N5O/c1-28-6-4-10-5-7-29(13(10)9-28)18-25-16(17(20)21)15(26-27-18)12-3-2-11(8-14(12)30)19(22,23)24/h2-3,8,10,13,17,30H,4-7,9H2,1H3/t10-,13-/m0/s1. The summed E-state index contributed by atoms with van der Waals surface area (Å²) in [6, 6.07) is 2.17. The molecular weight excluding hydrogens is 409 g/mol. The van der Waals surface area contributed by atoms with Gasteiger partial charge in [-0.3, -0.25) is 0 Å². The number of anilines is 1. The van der Waals surface area contributed by atoms with E-state index >= 15 is 0 Å². The lowest BCUT2D eigenvalue weighted by atomic mass is 9.92. The van der Waals surface area contributed by atoms with Crippen LogP contribution in [-0.2, 0) is 6.18 Å². The van der Waals surface area contributed by atoms with Gasteiger partial charge in [0.2, 0.25) is 5.95 Å². The maximum atomic E-state index is 13.8. The van der Waals surface area contributed by atoms with Crippen LogP contribution in [0.15, 0.2) is 18.2 Å². The molecule has 0 radical (unpaired) electrons. The van der Waals surface area contributed by atoms with Crippen LogP contribution in [0, 0.1) is 5.92 Å². The third-order valence-corrected chi connectivity index (χ3v) is 5.81. The van der Waals surface area contributed by atoms with Crippen molar-refractivity contribution in [3.8, 4) is 17.0 Å². The summed E-state index contributed by atoms with van der Waals surface area (Å²) < 4.78 is 66.0. The van der Waals surface area contributed by atoms with E-state index in [0.717, 1.165) is 32.0 Å². The molecule has 2 aliphatic rings. The number of phenolic OH excluding ortho intramolecular Hbond substituents is 1. The predicted molar refractivity (Wildman–Crippen MR) is 98.2 cm³/mol. The van der Waals surface area contributed by atoms with Gasteiger partial charge in [0.15, 0.2) is 0 Å². The summed E-state index contributed by atoms with van der Waals surface area (Å²) in [6.07, 6.45) is -5.80. The minimum atomic E-state index is -4.67. The fourth-order valence-electron chi connectivity index (χ4n) is 4.25. The predicted octanol–water partition coefficient (Wildman–Crippen LogP) is 3.73. The Morgan fingerprint density at radius 2 is 1.87 bits per heavy atom. The fraction of sp³-hybridized carbons (Fsp3) is 0.526. The number of aromatic nitrogens is 3. The van der Waals surface area contributed by atoms with Crippen molar-refractivity contribution < 1.29 is 27.1 Å². The van der Waals surface area contributed by atoms with Gasteiger partial charge in [-0.05, 0) is 50.6 Å². The molecule has 1 aromatic heterocycles. The average Bonchev–Trinajstić information content (AvgIpc) is 3.09. The van der Waals surface area contributed by atoms with Crippen molar-refractivity contribution in [2.75, 3.05) is 31.6 Å². The molecule has 0 saturated carbocycles. The van der Waals surface area contributed by atoms with Gasteiger partial charge in [-0.2, -0.15) is 13.2 Å². The lowest BCUT2D eigenvalue weighted by molar-refractivity contribution is -0.137. The molecule has 1 N–H and O–H groups in total. The maximum absolute atomic E-state index is 13.8. The molecule has 0 unspecified atom stereocenters. The van der Waals surface area contributed by atoms with E-state index in [1.807, 2.05) is 11.9 Å². The highest BCUT2D eigenvalue weighted by Gasteiger charge is 2.39. The van der Waals surface area contributed by atoms with Gasteiger partial charge in [-0.15, -0.1) is 10.2 Å². The Morgan fingerprint density at radius 1 is 1.13 bits per heavy atom. The quantitative estimate of drug-likeness (QED) is 0.751. The van der Waals surface area contributed by atoms with E-state index in [1.165, 1.54) is 0 Å². The molecule has 0 aliphatic carbocycles. The van der Waals surface area contributed by atoms with Crippen LogP contribution in [0.25, 0.3) is 11.3 Å². The number of halogens is 5. The van der Waals surface area contributed by atoms with Gasteiger partial charge in [0.25, 0.3) is 6.43 Å². The smallest absolute Gasteiger partial charge is 0.416 e. The Bertz CT molecular complexity index is 938. The Balaban J connectivity index is 1.70. The van der Waals surface area contributed by atoms with Gasteiger partial charge in [0, 0.05) is 24.7 Å². The number of rotatable bonds is 3. The molecule has 11 heteroatoms. The molecule has 2 fully saturated rings. The second-order valence-electron chi connectivity index (χ2n) is 7.74. The highest BCUT2D eigenvalue weighted by atomic mass is 19.4. The summed E-state index contributed by atoms with van der Waals surface area (Å²) in [6.45, 7) is 2.36. The van der Waals surface area contributed by atoms with E-state index < -0.39 is 35.3 Å². The van der Waals surface area contributed by atoms with E-state index in [9.17, 15) is 27.1 Å². The zero-order chi connectivity index (χ0) is 21.6. The van der Waals surface area contributed by atoms with Crippen LogP contribution >= 0.6 is 0 Å². The summed E-state index contributed by atoms with van der Waals surface area (Å²) in [5, 5.41) is 17.8. The SMILES string of the molecule is CN1CC[C@H]2CCN(c3nnc(-c4ccc(C(F)(F)F)cc4O)c(C(F)F)n3)[C@H]2C1. The zero-order valence-corrected chi connectivity index (χ0v) is 16.1. The van der Waals surface area contributed by atoms with Crippen molar-refractivity contribution in [1.82, 2.24) is 20.1 Å². The topological polar surface area (TPSA) is 65.4 Å². The summed E-state index contributed by atoms with van der Waals surface area (Å²) in [7, 11) is 1.99. The van der Waals surface area contributed by atoms with Crippen molar-refractivity contribution in [3.63, 3.8) is 0 Å². The van der Waals surface area contributed by atoms with Gasteiger partial charge in [-0.1, -0.05) is 0 Å². The Hall–Kier alpha value is -2.56. The number of benzene rings is 1. The van der Waals surface area contributed by atoms with Crippen LogP contribution in [0.5, 0.6) is 5.75 Å². The molecule has 0 spiro atoms. The van der Waals surface area contributed by atoms with Gasteiger partial charge in [0.05, 0.1) is 5.56 Å². The zero-order valence-electron chi connectivity index (χ0n) is 16.1. The molecule has 6 nitrogen and oxygen atoms in total. The van der Waals surface area contributed by atoms with E-state index in [4.69, 9.17) is 0 Å². The van der Waals surface area contributed by atoms with E-state index in [1.54, 1.807) is 0 Å². The van der Waals surface area contributed by atoms with Crippen molar-refractivity contribution in [2.24, 2.45) is 5.92 Å². The minimum absolute atomic E-state index is 0.0725. The molecule has 1 aromatic carbocycles. The van der Waals surface area contributed by atoms with Crippen LogP contribution < -0.4 is 4.90 Å². The Labute approximate surface area is 169 Å². The first-order valence-corrected chi connectivity index (χ1v) is 9.53. The molecule has 2 aliphatic heterocycles. The third kappa shape index (κ3) is 3.78. The second kappa shape index (κ2) is 7.60. The maximum Gasteiger partial charge on any atom is 0.416 e. The second-order valence-corrected chi connectivity index (χ2v) is 7.74. The first-order valence-electron chi connectivity index (χ1n) is 9.53. The van der Waals surface area contributed by atoms with Crippen LogP contribution in [0.3, 0.4) is 0 Å². The van der Waals surface area contributed by atoms with E-state index in [2.05, 4.69) is 20.1 Å². The first-order chi connectivity index (χ1) is 14.1. The number of likely N-dealkylation sites (N-methyl/N-ethyl adjacent to an activating group) is 1. The fourth-order valence-corrected chi connectivity index (χ4v) is 4.25. The molecule has 2 atom stereocenters.